The molecule has 0 aromatic heterocycles. The van der Waals surface area contributed by atoms with Crippen LogP contribution < -0.4 is 20.3 Å². The van der Waals surface area contributed by atoms with Gasteiger partial charge in [0.25, 0.3) is 5.91 Å². The Morgan fingerprint density at radius 1 is 1.15 bits per heavy atom. The summed E-state index contributed by atoms with van der Waals surface area (Å²) in [6, 6.07) is 16.1. The maximum absolute atomic E-state index is 13.1. The number of aryl methyl sites for hydroxylation is 1. The number of nitrogens with zero attached hydrogens (tertiary/aromatic N) is 1. The molecular formula is C22H29N3O2. The maximum Gasteiger partial charge on any atom is 0.264 e. The Labute approximate surface area is 161 Å². The highest BCUT2D eigenvalue weighted by Gasteiger charge is 2.41. The van der Waals surface area contributed by atoms with Gasteiger partial charge in [-0.05, 0) is 49.8 Å². The van der Waals surface area contributed by atoms with Crippen LogP contribution in [0.3, 0.4) is 0 Å². The van der Waals surface area contributed by atoms with E-state index in [9.17, 15) is 4.79 Å². The summed E-state index contributed by atoms with van der Waals surface area (Å²) in [6.07, 6.45) is 1.31. The molecule has 0 aliphatic carbocycles. The fourth-order valence-corrected chi connectivity index (χ4v) is 3.33. The van der Waals surface area contributed by atoms with Gasteiger partial charge in [0.1, 0.15) is 5.75 Å². The fraction of sp³-hybridized carbons (Fsp3) is 0.409. The van der Waals surface area contributed by atoms with E-state index in [1.807, 2.05) is 57.4 Å². The van der Waals surface area contributed by atoms with Crippen LogP contribution in [0.5, 0.6) is 5.75 Å². The molecule has 5 heteroatoms. The Morgan fingerprint density at radius 3 is 2.52 bits per heavy atom. The number of anilines is 1. The Hall–Kier alpha value is -2.53. The van der Waals surface area contributed by atoms with Gasteiger partial charge in [-0.2, -0.15) is 0 Å². The number of amides is 1. The van der Waals surface area contributed by atoms with Crippen LogP contribution in [0.4, 0.5) is 5.69 Å². The van der Waals surface area contributed by atoms with Crippen LogP contribution in [0.1, 0.15) is 24.0 Å². The minimum absolute atomic E-state index is 0.0418. The van der Waals surface area contributed by atoms with E-state index in [1.54, 1.807) is 0 Å². The number of hydrogen-bond donors (Lipinski definition) is 2. The highest BCUT2D eigenvalue weighted by Crippen LogP contribution is 2.27. The van der Waals surface area contributed by atoms with Gasteiger partial charge in [-0.3, -0.25) is 4.79 Å². The van der Waals surface area contributed by atoms with E-state index in [-0.39, 0.29) is 5.91 Å². The molecule has 0 bridgehead atoms. The van der Waals surface area contributed by atoms with Crippen molar-refractivity contribution < 1.29 is 9.53 Å². The first-order valence-corrected chi connectivity index (χ1v) is 9.49. The van der Waals surface area contributed by atoms with Crippen molar-refractivity contribution in [2.24, 2.45) is 0 Å². The lowest BCUT2D eigenvalue weighted by Gasteiger charge is -2.36. The molecule has 0 radical (unpaired) electrons. The predicted octanol–water partition coefficient (Wildman–Crippen LogP) is 2.88. The summed E-state index contributed by atoms with van der Waals surface area (Å²) in [5, 5.41) is 6.41. The molecule has 144 valence electrons. The Morgan fingerprint density at radius 2 is 1.85 bits per heavy atom. The monoisotopic (exact) mass is 367 g/mol. The van der Waals surface area contributed by atoms with Gasteiger partial charge < -0.3 is 20.3 Å². The molecule has 2 N–H and O–H groups in total. The molecule has 1 heterocycles. The lowest BCUT2D eigenvalue weighted by Crippen LogP contribution is -2.56. The number of rotatable bonds is 6. The first kappa shape index (κ1) is 19.2. The van der Waals surface area contributed by atoms with Gasteiger partial charge in [0, 0.05) is 39.2 Å². The van der Waals surface area contributed by atoms with Gasteiger partial charge in [-0.15, -0.1) is 0 Å². The largest absolute Gasteiger partial charge is 0.477 e. The molecule has 2 aromatic carbocycles. The molecule has 1 saturated heterocycles. The molecule has 27 heavy (non-hydrogen) atoms. The lowest BCUT2D eigenvalue weighted by molar-refractivity contribution is -0.139. The highest BCUT2D eigenvalue weighted by molar-refractivity contribution is 5.85. The predicted molar refractivity (Wildman–Crippen MR) is 109 cm³/mol. The Bertz CT molecular complexity index is 765. The van der Waals surface area contributed by atoms with E-state index >= 15 is 0 Å². The molecule has 1 aliphatic rings. The minimum atomic E-state index is -0.820. The number of carbonyl (C=O) groups excluding carboxylic acids is 1. The molecule has 0 spiro atoms. The molecule has 1 fully saturated rings. The van der Waals surface area contributed by atoms with Crippen molar-refractivity contribution in [3.05, 3.63) is 59.7 Å². The fourth-order valence-electron chi connectivity index (χ4n) is 3.33. The van der Waals surface area contributed by atoms with Crippen LogP contribution >= 0.6 is 0 Å². The zero-order valence-corrected chi connectivity index (χ0v) is 16.4. The van der Waals surface area contributed by atoms with Crippen molar-refractivity contribution in [1.82, 2.24) is 10.6 Å². The van der Waals surface area contributed by atoms with Crippen molar-refractivity contribution >= 4 is 11.6 Å². The summed E-state index contributed by atoms with van der Waals surface area (Å²) in [5.41, 5.74) is 2.55. The molecule has 1 amide bonds. The molecule has 3 rings (SSSR count). The van der Waals surface area contributed by atoms with E-state index in [0.717, 1.165) is 30.1 Å². The standard InChI is InChI=1S/C22H29N3O2/c1-17-7-9-20(10-8-17)27-22(11-13-23-14-12-22)21(26)24-16-18-5-4-6-19(15-18)25(2)3/h4-10,15,23H,11-14,16H2,1-3H3,(H,24,26). The number of hydrogen-bond acceptors (Lipinski definition) is 4. The van der Waals surface area contributed by atoms with Crippen molar-refractivity contribution in [3.8, 4) is 5.75 Å². The highest BCUT2D eigenvalue weighted by atomic mass is 16.5. The average molecular weight is 367 g/mol. The first-order chi connectivity index (χ1) is 13.0. The zero-order chi connectivity index (χ0) is 19.3. The number of carbonyl (C=O) groups is 1. The van der Waals surface area contributed by atoms with Crippen molar-refractivity contribution in [3.63, 3.8) is 0 Å². The molecule has 0 unspecified atom stereocenters. The van der Waals surface area contributed by atoms with Crippen LogP contribution in [-0.4, -0.2) is 38.7 Å². The van der Waals surface area contributed by atoms with Crippen molar-refractivity contribution in [2.75, 3.05) is 32.1 Å². The number of piperidine rings is 1. The quantitative estimate of drug-likeness (QED) is 0.824. The summed E-state index contributed by atoms with van der Waals surface area (Å²) in [5.74, 6) is 0.701. The van der Waals surface area contributed by atoms with Crippen LogP contribution in [0.2, 0.25) is 0 Å². The van der Waals surface area contributed by atoms with Crippen molar-refractivity contribution in [2.45, 2.75) is 31.9 Å². The van der Waals surface area contributed by atoms with E-state index < -0.39 is 5.60 Å². The summed E-state index contributed by atoms with van der Waals surface area (Å²) >= 11 is 0. The van der Waals surface area contributed by atoms with Crippen LogP contribution in [-0.2, 0) is 11.3 Å². The second-order valence-electron chi connectivity index (χ2n) is 7.41. The third-order valence-electron chi connectivity index (χ3n) is 5.04. The second kappa shape index (κ2) is 8.44. The van der Waals surface area contributed by atoms with Crippen molar-refractivity contribution in [1.29, 1.82) is 0 Å². The molecule has 0 atom stereocenters. The minimum Gasteiger partial charge on any atom is -0.477 e. The van der Waals surface area contributed by atoms with Gasteiger partial charge >= 0.3 is 0 Å². The van der Waals surface area contributed by atoms with Gasteiger partial charge in [-0.25, -0.2) is 0 Å². The smallest absolute Gasteiger partial charge is 0.264 e. The molecule has 2 aromatic rings. The normalized spacial score (nSPS) is 15.8. The van der Waals surface area contributed by atoms with Gasteiger partial charge in [0.15, 0.2) is 5.60 Å². The number of nitrogens with one attached hydrogen (secondary N) is 2. The lowest BCUT2D eigenvalue weighted by atomic mass is 9.90. The SMILES string of the molecule is Cc1ccc(OC2(C(=O)NCc3cccc(N(C)C)c3)CCNCC2)cc1. The third kappa shape index (κ3) is 4.80. The number of benzene rings is 2. The molecule has 1 aliphatic heterocycles. The summed E-state index contributed by atoms with van der Waals surface area (Å²) in [6.45, 7) is 4.08. The summed E-state index contributed by atoms with van der Waals surface area (Å²) in [7, 11) is 4.02. The zero-order valence-electron chi connectivity index (χ0n) is 16.4. The first-order valence-electron chi connectivity index (χ1n) is 9.49. The third-order valence-corrected chi connectivity index (χ3v) is 5.04. The van der Waals surface area contributed by atoms with Crippen LogP contribution in [0, 0.1) is 6.92 Å². The van der Waals surface area contributed by atoms with Crippen LogP contribution in [0.25, 0.3) is 0 Å². The van der Waals surface area contributed by atoms with Crippen LogP contribution in [0.15, 0.2) is 48.5 Å². The van der Waals surface area contributed by atoms with E-state index in [4.69, 9.17) is 4.74 Å². The topological polar surface area (TPSA) is 53.6 Å². The second-order valence-corrected chi connectivity index (χ2v) is 7.41. The van der Waals surface area contributed by atoms with E-state index in [1.165, 1.54) is 5.56 Å². The molecule has 0 saturated carbocycles. The average Bonchev–Trinajstić information content (AvgIpc) is 2.69. The Balaban J connectivity index is 1.71. The summed E-state index contributed by atoms with van der Waals surface area (Å²) < 4.78 is 6.25. The molecular weight excluding hydrogens is 338 g/mol. The number of ether oxygens (including phenoxy) is 1. The molecule has 5 nitrogen and oxygen atoms in total. The van der Waals surface area contributed by atoms with Gasteiger partial charge in [-0.1, -0.05) is 29.8 Å². The van der Waals surface area contributed by atoms with E-state index in [2.05, 4.69) is 27.7 Å². The Kier molecular flexibility index (Phi) is 6.01. The van der Waals surface area contributed by atoms with E-state index in [0.29, 0.717) is 19.4 Å². The van der Waals surface area contributed by atoms with Gasteiger partial charge in [0.05, 0.1) is 0 Å². The summed E-state index contributed by atoms with van der Waals surface area (Å²) in [4.78, 5) is 15.2. The maximum atomic E-state index is 13.1. The van der Waals surface area contributed by atoms with Gasteiger partial charge in [0.2, 0.25) is 0 Å².